The molecule has 4 aromatic rings. The van der Waals surface area contributed by atoms with Gasteiger partial charge >= 0.3 is 0 Å². The summed E-state index contributed by atoms with van der Waals surface area (Å²) in [7, 11) is 0. The summed E-state index contributed by atoms with van der Waals surface area (Å²) in [6.07, 6.45) is 0. The summed E-state index contributed by atoms with van der Waals surface area (Å²) in [6.45, 7) is 0.542. The van der Waals surface area contributed by atoms with Crippen LogP contribution >= 0.6 is 0 Å². The molecule has 0 radical (unpaired) electrons. The number of nitrogens with one attached hydrogen (secondary N) is 1. The predicted octanol–water partition coefficient (Wildman–Crippen LogP) is 3.81. The van der Waals surface area contributed by atoms with E-state index in [4.69, 9.17) is 4.98 Å². The summed E-state index contributed by atoms with van der Waals surface area (Å²) >= 11 is 0. The zero-order valence-corrected chi connectivity index (χ0v) is 13.6. The van der Waals surface area contributed by atoms with Crippen molar-refractivity contribution < 1.29 is 0 Å². The van der Waals surface area contributed by atoms with Gasteiger partial charge in [0.25, 0.3) is 5.56 Å². The van der Waals surface area contributed by atoms with Crippen molar-refractivity contribution in [2.75, 3.05) is 5.43 Å². The summed E-state index contributed by atoms with van der Waals surface area (Å²) in [5, 5.41) is 0.600. The van der Waals surface area contributed by atoms with Gasteiger partial charge in [-0.25, -0.2) is 9.66 Å². The third-order valence-corrected chi connectivity index (χ3v) is 4.09. The van der Waals surface area contributed by atoms with Crippen LogP contribution in [0.25, 0.3) is 22.3 Å². The lowest BCUT2D eigenvalue weighted by Crippen LogP contribution is -2.31. The molecule has 4 rings (SSSR count). The molecule has 3 aromatic carbocycles. The van der Waals surface area contributed by atoms with E-state index in [1.807, 2.05) is 78.9 Å². The van der Waals surface area contributed by atoms with E-state index in [0.29, 0.717) is 23.3 Å². The van der Waals surface area contributed by atoms with Crippen LogP contribution in [0.5, 0.6) is 0 Å². The molecule has 1 N–H and O–H groups in total. The lowest BCUT2D eigenvalue weighted by molar-refractivity contribution is 0.801. The van der Waals surface area contributed by atoms with Gasteiger partial charge < -0.3 is 5.43 Å². The Morgan fingerprint density at radius 2 is 1.44 bits per heavy atom. The van der Waals surface area contributed by atoms with Crippen molar-refractivity contribution in [1.29, 1.82) is 0 Å². The highest BCUT2D eigenvalue weighted by molar-refractivity contribution is 5.79. The quantitative estimate of drug-likeness (QED) is 0.620. The lowest BCUT2D eigenvalue weighted by Gasteiger charge is -2.15. The third kappa shape index (κ3) is 3.02. The fourth-order valence-electron chi connectivity index (χ4n) is 2.83. The van der Waals surface area contributed by atoms with Crippen molar-refractivity contribution in [2.24, 2.45) is 0 Å². The molecule has 0 amide bonds. The van der Waals surface area contributed by atoms with E-state index >= 15 is 0 Å². The van der Waals surface area contributed by atoms with Gasteiger partial charge in [-0.05, 0) is 17.7 Å². The first-order valence-corrected chi connectivity index (χ1v) is 8.18. The molecule has 0 aliphatic heterocycles. The fourth-order valence-corrected chi connectivity index (χ4v) is 2.83. The van der Waals surface area contributed by atoms with Crippen molar-refractivity contribution in [3.8, 4) is 11.4 Å². The molecule has 1 aromatic heterocycles. The monoisotopic (exact) mass is 327 g/mol. The maximum absolute atomic E-state index is 13.0. The number of fused-ring (bicyclic) bond motifs is 1. The highest BCUT2D eigenvalue weighted by atomic mass is 16.1. The second-order valence-corrected chi connectivity index (χ2v) is 5.78. The van der Waals surface area contributed by atoms with Gasteiger partial charge in [0, 0.05) is 5.56 Å². The number of nitrogens with zero attached hydrogens (tertiary/aromatic N) is 2. The Morgan fingerprint density at radius 3 is 2.20 bits per heavy atom. The molecular weight excluding hydrogens is 310 g/mol. The van der Waals surface area contributed by atoms with E-state index in [1.165, 1.54) is 0 Å². The SMILES string of the molecule is O=c1c2ccccc2nc(-c2ccccc2)n1NCc1ccccc1. The summed E-state index contributed by atoms with van der Waals surface area (Å²) in [5.41, 5.74) is 5.82. The number of hydrogen-bond acceptors (Lipinski definition) is 3. The van der Waals surface area contributed by atoms with E-state index < -0.39 is 0 Å². The predicted molar refractivity (Wildman–Crippen MR) is 101 cm³/mol. The molecule has 0 aliphatic rings. The van der Waals surface area contributed by atoms with Crippen molar-refractivity contribution in [3.63, 3.8) is 0 Å². The van der Waals surface area contributed by atoms with Gasteiger partial charge in [-0.2, -0.15) is 0 Å². The second kappa shape index (κ2) is 6.61. The number of benzene rings is 3. The highest BCUT2D eigenvalue weighted by Gasteiger charge is 2.12. The first-order valence-electron chi connectivity index (χ1n) is 8.18. The molecule has 0 bridgehead atoms. The van der Waals surface area contributed by atoms with Crippen LogP contribution in [-0.2, 0) is 6.54 Å². The minimum atomic E-state index is -0.0969. The minimum Gasteiger partial charge on any atom is -0.317 e. The molecule has 1 heterocycles. The first-order chi connectivity index (χ1) is 12.3. The number of hydrogen-bond donors (Lipinski definition) is 1. The highest BCUT2D eigenvalue weighted by Crippen LogP contribution is 2.18. The number of para-hydroxylation sites is 1. The molecule has 0 unspecified atom stereocenters. The van der Waals surface area contributed by atoms with Gasteiger partial charge in [0.2, 0.25) is 0 Å². The van der Waals surface area contributed by atoms with Crippen LogP contribution in [0, 0.1) is 0 Å². The summed E-state index contributed by atoms with van der Waals surface area (Å²) in [6, 6.07) is 27.2. The Balaban J connectivity index is 1.85. The maximum atomic E-state index is 13.0. The van der Waals surface area contributed by atoms with Crippen molar-refractivity contribution in [1.82, 2.24) is 9.66 Å². The Bertz CT molecular complexity index is 1060. The third-order valence-electron chi connectivity index (χ3n) is 4.09. The Labute approximate surface area is 145 Å². The topological polar surface area (TPSA) is 46.9 Å². The van der Waals surface area contributed by atoms with Gasteiger partial charge in [-0.15, -0.1) is 0 Å². The standard InChI is InChI=1S/C21H17N3O/c25-21-18-13-7-8-14-19(18)23-20(17-11-5-2-6-12-17)24(21)22-15-16-9-3-1-4-10-16/h1-14,22H,15H2. The number of aromatic nitrogens is 2. The zero-order valence-electron chi connectivity index (χ0n) is 13.6. The van der Waals surface area contributed by atoms with E-state index in [9.17, 15) is 4.79 Å². The minimum absolute atomic E-state index is 0.0969. The van der Waals surface area contributed by atoms with Crippen molar-refractivity contribution in [3.05, 3.63) is 101 Å². The maximum Gasteiger partial charge on any atom is 0.280 e. The average Bonchev–Trinajstić information content (AvgIpc) is 2.69. The molecule has 4 heteroatoms. The smallest absolute Gasteiger partial charge is 0.280 e. The molecule has 122 valence electrons. The van der Waals surface area contributed by atoms with Crippen LogP contribution in [0.3, 0.4) is 0 Å². The molecule has 0 saturated heterocycles. The molecule has 25 heavy (non-hydrogen) atoms. The normalized spacial score (nSPS) is 10.7. The Hall–Kier alpha value is -3.40. The van der Waals surface area contributed by atoms with E-state index in [0.717, 1.165) is 11.1 Å². The van der Waals surface area contributed by atoms with E-state index in [-0.39, 0.29) is 5.56 Å². The lowest BCUT2D eigenvalue weighted by atomic mass is 10.2. The Kier molecular flexibility index (Phi) is 4.01. The van der Waals surface area contributed by atoms with Gasteiger partial charge in [0.1, 0.15) is 0 Å². The largest absolute Gasteiger partial charge is 0.317 e. The van der Waals surface area contributed by atoms with Gasteiger partial charge in [0.05, 0.1) is 17.4 Å². The average molecular weight is 327 g/mol. The number of rotatable bonds is 4. The molecule has 0 atom stereocenters. The summed E-state index contributed by atoms with van der Waals surface area (Å²) in [4.78, 5) is 17.7. The molecule has 0 aliphatic carbocycles. The van der Waals surface area contributed by atoms with Crippen LogP contribution < -0.4 is 11.0 Å². The van der Waals surface area contributed by atoms with Crippen molar-refractivity contribution >= 4 is 10.9 Å². The molecule has 0 saturated carbocycles. The van der Waals surface area contributed by atoms with Crippen LogP contribution in [0.1, 0.15) is 5.56 Å². The molecule has 4 nitrogen and oxygen atoms in total. The van der Waals surface area contributed by atoms with Gasteiger partial charge in [0.15, 0.2) is 5.82 Å². The Morgan fingerprint density at radius 1 is 0.800 bits per heavy atom. The first kappa shape index (κ1) is 15.1. The fraction of sp³-hybridized carbons (Fsp3) is 0.0476. The van der Waals surface area contributed by atoms with Crippen LogP contribution in [0.15, 0.2) is 89.7 Å². The van der Waals surface area contributed by atoms with E-state index in [2.05, 4.69) is 5.43 Å². The summed E-state index contributed by atoms with van der Waals surface area (Å²) < 4.78 is 1.55. The van der Waals surface area contributed by atoms with Crippen LogP contribution in [0.2, 0.25) is 0 Å². The van der Waals surface area contributed by atoms with Gasteiger partial charge in [-0.3, -0.25) is 4.79 Å². The molecule has 0 spiro atoms. The molecule has 0 fully saturated rings. The second-order valence-electron chi connectivity index (χ2n) is 5.78. The van der Waals surface area contributed by atoms with Crippen LogP contribution in [0.4, 0.5) is 0 Å². The zero-order chi connectivity index (χ0) is 17.1. The molecular formula is C21H17N3O. The van der Waals surface area contributed by atoms with Crippen molar-refractivity contribution in [2.45, 2.75) is 6.54 Å². The van der Waals surface area contributed by atoms with Gasteiger partial charge in [-0.1, -0.05) is 72.8 Å². The summed E-state index contributed by atoms with van der Waals surface area (Å²) in [5.74, 6) is 0.611. The van der Waals surface area contributed by atoms with E-state index in [1.54, 1.807) is 10.7 Å². The van der Waals surface area contributed by atoms with Crippen LogP contribution in [-0.4, -0.2) is 9.66 Å².